The Balaban J connectivity index is 2.20. The number of H-pyrrole nitrogens is 1. The van der Waals surface area contributed by atoms with Crippen LogP contribution in [0, 0.1) is 25.2 Å². The highest BCUT2D eigenvalue weighted by Gasteiger charge is 2.17. The lowest BCUT2D eigenvalue weighted by atomic mass is 9.99. The van der Waals surface area contributed by atoms with Crippen LogP contribution < -0.4 is 5.73 Å². The van der Waals surface area contributed by atoms with Gasteiger partial charge in [-0.05, 0) is 19.9 Å². The second-order valence-corrected chi connectivity index (χ2v) is 6.22. The summed E-state index contributed by atoms with van der Waals surface area (Å²) in [4.78, 5) is 13.2. The fourth-order valence-electron chi connectivity index (χ4n) is 2.74. The Morgan fingerprint density at radius 3 is 2.40 bits per heavy atom. The van der Waals surface area contributed by atoms with Crippen LogP contribution in [0.15, 0.2) is 18.5 Å². The second kappa shape index (κ2) is 6.32. The first kappa shape index (κ1) is 16.6. The Hall–Kier alpha value is -3.27. The molecule has 0 aliphatic heterocycles. The van der Waals surface area contributed by atoms with Gasteiger partial charge in [-0.3, -0.25) is 5.10 Å². The van der Waals surface area contributed by atoms with Crippen LogP contribution in [0.4, 0.5) is 5.82 Å². The first-order valence-electron chi connectivity index (χ1n) is 7.97. The number of nitrogen functional groups attached to an aromatic ring is 1. The minimum atomic E-state index is 0.183. The molecule has 7 heteroatoms. The number of nitrogens with two attached hydrogens (primary N) is 1. The Morgan fingerprint density at radius 1 is 1.20 bits per heavy atom. The predicted octanol–water partition coefficient (Wildman–Crippen LogP) is 3.12. The van der Waals surface area contributed by atoms with Gasteiger partial charge >= 0.3 is 0 Å². The summed E-state index contributed by atoms with van der Waals surface area (Å²) in [6.45, 7) is 7.88. The quantitative estimate of drug-likeness (QED) is 0.760. The lowest BCUT2D eigenvalue weighted by molar-refractivity contribution is 0.775. The summed E-state index contributed by atoms with van der Waals surface area (Å²) in [6.07, 6.45) is 3.44. The van der Waals surface area contributed by atoms with E-state index in [0.29, 0.717) is 16.8 Å². The van der Waals surface area contributed by atoms with Gasteiger partial charge in [0.1, 0.15) is 23.3 Å². The number of pyridine rings is 1. The van der Waals surface area contributed by atoms with Gasteiger partial charge in [-0.2, -0.15) is 10.4 Å². The monoisotopic (exact) mass is 333 g/mol. The van der Waals surface area contributed by atoms with Crippen molar-refractivity contribution in [3.05, 3.63) is 41.2 Å². The molecule has 3 aromatic rings. The number of nitrogens with one attached hydrogen (secondary N) is 1. The third-order valence-electron chi connectivity index (χ3n) is 4.04. The molecule has 0 saturated heterocycles. The van der Waals surface area contributed by atoms with E-state index < -0.39 is 0 Å². The van der Waals surface area contributed by atoms with Crippen LogP contribution in [0.5, 0.6) is 0 Å². The number of aromatic nitrogens is 5. The normalized spacial score (nSPS) is 10.9. The van der Waals surface area contributed by atoms with Gasteiger partial charge in [0.15, 0.2) is 0 Å². The summed E-state index contributed by atoms with van der Waals surface area (Å²) >= 11 is 0. The fraction of sp³-hybridized carbons (Fsp3) is 0.278. The number of aromatic amines is 1. The van der Waals surface area contributed by atoms with Crippen molar-refractivity contribution < 1.29 is 0 Å². The van der Waals surface area contributed by atoms with E-state index in [0.717, 1.165) is 28.3 Å². The zero-order valence-corrected chi connectivity index (χ0v) is 14.6. The number of anilines is 1. The summed E-state index contributed by atoms with van der Waals surface area (Å²) in [7, 11) is 0. The molecule has 0 spiro atoms. The molecule has 3 aromatic heterocycles. The zero-order chi connectivity index (χ0) is 18.1. The molecular weight excluding hydrogens is 314 g/mol. The van der Waals surface area contributed by atoms with E-state index in [-0.39, 0.29) is 11.7 Å². The molecule has 126 valence electrons. The third kappa shape index (κ3) is 2.94. The van der Waals surface area contributed by atoms with E-state index in [2.05, 4.69) is 31.2 Å². The Kier molecular flexibility index (Phi) is 4.19. The summed E-state index contributed by atoms with van der Waals surface area (Å²) < 4.78 is 0. The second-order valence-electron chi connectivity index (χ2n) is 6.22. The molecule has 0 aliphatic carbocycles. The van der Waals surface area contributed by atoms with Crippen molar-refractivity contribution in [1.82, 2.24) is 25.1 Å². The van der Waals surface area contributed by atoms with Crippen LogP contribution >= 0.6 is 0 Å². The van der Waals surface area contributed by atoms with Gasteiger partial charge < -0.3 is 5.73 Å². The van der Waals surface area contributed by atoms with Gasteiger partial charge in [-0.1, -0.05) is 13.8 Å². The SMILES string of the molecule is Cc1n[nH]c(C)c1-c1cc(-c2cnc(C(C)C)nc2)c(C#N)c(N)n1. The Bertz CT molecular complexity index is 943. The van der Waals surface area contributed by atoms with Crippen LogP contribution in [0.2, 0.25) is 0 Å². The van der Waals surface area contributed by atoms with Crippen LogP contribution in [-0.4, -0.2) is 25.1 Å². The van der Waals surface area contributed by atoms with Crippen molar-refractivity contribution in [2.75, 3.05) is 5.73 Å². The standard InChI is InChI=1S/C18H19N7/c1-9(2)18-21-7-12(8-22-18)13-5-15(23-17(20)14(13)6-19)16-10(3)24-25-11(16)4/h5,7-9H,1-4H3,(H2,20,23)(H,24,25). The lowest BCUT2D eigenvalue weighted by Crippen LogP contribution is -2.02. The molecule has 0 saturated carbocycles. The molecule has 0 atom stereocenters. The Labute approximate surface area is 146 Å². The summed E-state index contributed by atoms with van der Waals surface area (Å²) in [6, 6.07) is 3.98. The highest BCUT2D eigenvalue weighted by Crippen LogP contribution is 2.32. The zero-order valence-electron chi connectivity index (χ0n) is 14.6. The molecule has 3 heterocycles. The number of rotatable bonds is 3. The first-order chi connectivity index (χ1) is 11.9. The van der Waals surface area contributed by atoms with E-state index in [9.17, 15) is 5.26 Å². The minimum absolute atomic E-state index is 0.183. The fourth-order valence-corrected chi connectivity index (χ4v) is 2.74. The van der Waals surface area contributed by atoms with E-state index in [1.807, 2.05) is 33.8 Å². The largest absolute Gasteiger partial charge is 0.383 e. The predicted molar refractivity (Wildman–Crippen MR) is 95.5 cm³/mol. The van der Waals surface area contributed by atoms with E-state index in [4.69, 9.17) is 5.73 Å². The lowest BCUT2D eigenvalue weighted by Gasteiger charge is -2.11. The maximum Gasteiger partial charge on any atom is 0.142 e. The van der Waals surface area contributed by atoms with Crippen molar-refractivity contribution in [1.29, 1.82) is 5.26 Å². The molecule has 0 unspecified atom stereocenters. The average Bonchev–Trinajstić information content (AvgIpc) is 2.93. The van der Waals surface area contributed by atoms with Gasteiger partial charge in [0.2, 0.25) is 0 Å². The minimum Gasteiger partial charge on any atom is -0.383 e. The molecule has 0 amide bonds. The Morgan fingerprint density at radius 2 is 1.88 bits per heavy atom. The molecule has 3 N–H and O–H groups in total. The number of hydrogen-bond acceptors (Lipinski definition) is 6. The molecule has 0 bridgehead atoms. The van der Waals surface area contributed by atoms with Crippen LogP contribution in [0.3, 0.4) is 0 Å². The van der Waals surface area contributed by atoms with Crippen molar-refractivity contribution in [2.45, 2.75) is 33.6 Å². The van der Waals surface area contributed by atoms with Gasteiger partial charge in [-0.25, -0.2) is 15.0 Å². The average molecular weight is 333 g/mol. The number of aryl methyl sites for hydroxylation is 2. The molecule has 0 radical (unpaired) electrons. The van der Waals surface area contributed by atoms with Crippen molar-refractivity contribution >= 4 is 5.82 Å². The molecule has 25 heavy (non-hydrogen) atoms. The molecule has 0 aliphatic rings. The summed E-state index contributed by atoms with van der Waals surface area (Å²) in [5.74, 6) is 1.17. The molecular formula is C18H19N7. The van der Waals surface area contributed by atoms with Crippen LogP contribution in [0.1, 0.15) is 42.5 Å². The number of nitrogens with zero attached hydrogens (tertiary/aromatic N) is 5. The van der Waals surface area contributed by atoms with E-state index in [1.54, 1.807) is 12.4 Å². The summed E-state index contributed by atoms with van der Waals surface area (Å²) in [5, 5.41) is 16.6. The van der Waals surface area contributed by atoms with E-state index in [1.165, 1.54) is 0 Å². The smallest absolute Gasteiger partial charge is 0.142 e. The summed E-state index contributed by atoms with van der Waals surface area (Å²) in [5.41, 5.74) is 11.0. The highest BCUT2D eigenvalue weighted by molar-refractivity contribution is 5.80. The maximum atomic E-state index is 9.50. The van der Waals surface area contributed by atoms with Gasteiger partial charge in [-0.15, -0.1) is 0 Å². The number of hydrogen-bond donors (Lipinski definition) is 2. The van der Waals surface area contributed by atoms with E-state index >= 15 is 0 Å². The first-order valence-corrected chi connectivity index (χ1v) is 7.97. The highest BCUT2D eigenvalue weighted by atomic mass is 15.1. The maximum absolute atomic E-state index is 9.50. The van der Waals surface area contributed by atoms with Crippen molar-refractivity contribution in [3.8, 4) is 28.5 Å². The topological polar surface area (TPSA) is 117 Å². The molecule has 0 fully saturated rings. The van der Waals surface area contributed by atoms with Crippen molar-refractivity contribution in [3.63, 3.8) is 0 Å². The molecule has 0 aromatic carbocycles. The van der Waals surface area contributed by atoms with Crippen LogP contribution in [0.25, 0.3) is 22.4 Å². The van der Waals surface area contributed by atoms with Gasteiger partial charge in [0, 0.05) is 40.7 Å². The van der Waals surface area contributed by atoms with Gasteiger partial charge in [0.25, 0.3) is 0 Å². The molecule has 7 nitrogen and oxygen atoms in total. The van der Waals surface area contributed by atoms with Crippen LogP contribution in [-0.2, 0) is 0 Å². The van der Waals surface area contributed by atoms with Crippen molar-refractivity contribution in [2.24, 2.45) is 0 Å². The number of nitriles is 1. The third-order valence-corrected chi connectivity index (χ3v) is 4.04. The van der Waals surface area contributed by atoms with Gasteiger partial charge in [0.05, 0.1) is 11.4 Å². The molecule has 3 rings (SSSR count).